The standard InChI is InChI=1S/C18H20BrN3O3/c19-11-5-6-13-12(9-11)18(25)22-8-7-14(15(22)17(24)20-13)21-16(23)10-3-1-2-4-10/h5-6,9-10,14-15H,1-4,7-8H2,(H,20,24)(H,21,23). The summed E-state index contributed by atoms with van der Waals surface area (Å²) in [5.74, 6) is -0.332. The van der Waals surface area contributed by atoms with Crippen LogP contribution in [0.1, 0.15) is 42.5 Å². The Kier molecular flexibility index (Phi) is 4.27. The van der Waals surface area contributed by atoms with E-state index in [4.69, 9.17) is 0 Å². The van der Waals surface area contributed by atoms with Gasteiger partial charge in [-0.1, -0.05) is 28.8 Å². The molecule has 2 unspecified atom stereocenters. The van der Waals surface area contributed by atoms with Crippen LogP contribution >= 0.6 is 15.9 Å². The second-order valence-electron chi connectivity index (χ2n) is 7.01. The summed E-state index contributed by atoms with van der Waals surface area (Å²) < 4.78 is 0.789. The summed E-state index contributed by atoms with van der Waals surface area (Å²) in [5, 5.41) is 5.88. The van der Waals surface area contributed by atoms with Crippen molar-refractivity contribution in [2.24, 2.45) is 5.92 Å². The molecular weight excluding hydrogens is 386 g/mol. The maximum Gasteiger partial charge on any atom is 0.256 e. The molecule has 2 N–H and O–H groups in total. The lowest BCUT2D eigenvalue weighted by Crippen LogP contribution is -2.52. The van der Waals surface area contributed by atoms with E-state index >= 15 is 0 Å². The van der Waals surface area contributed by atoms with Crippen molar-refractivity contribution in [3.63, 3.8) is 0 Å². The first kappa shape index (κ1) is 16.6. The second-order valence-corrected chi connectivity index (χ2v) is 7.92. The predicted octanol–water partition coefficient (Wildman–Crippen LogP) is 2.29. The van der Waals surface area contributed by atoms with Crippen molar-refractivity contribution in [2.75, 3.05) is 11.9 Å². The maximum atomic E-state index is 12.9. The number of halogens is 1. The zero-order chi connectivity index (χ0) is 17.6. The third kappa shape index (κ3) is 2.94. The number of hydrogen-bond donors (Lipinski definition) is 2. The fourth-order valence-corrected chi connectivity index (χ4v) is 4.51. The largest absolute Gasteiger partial charge is 0.350 e. The zero-order valence-electron chi connectivity index (χ0n) is 13.8. The summed E-state index contributed by atoms with van der Waals surface area (Å²) >= 11 is 3.37. The van der Waals surface area contributed by atoms with E-state index < -0.39 is 6.04 Å². The molecular formula is C18H20BrN3O3. The molecule has 6 nitrogen and oxygen atoms in total. The third-order valence-electron chi connectivity index (χ3n) is 5.45. The smallest absolute Gasteiger partial charge is 0.256 e. The fourth-order valence-electron chi connectivity index (χ4n) is 4.15. The molecule has 25 heavy (non-hydrogen) atoms. The van der Waals surface area contributed by atoms with Crippen LogP contribution < -0.4 is 10.6 Å². The van der Waals surface area contributed by atoms with E-state index in [9.17, 15) is 14.4 Å². The number of rotatable bonds is 2. The predicted molar refractivity (Wildman–Crippen MR) is 96.1 cm³/mol. The number of benzene rings is 1. The molecule has 3 amide bonds. The lowest BCUT2D eigenvalue weighted by molar-refractivity contribution is -0.126. The SMILES string of the molecule is O=C(NC1CCN2C(=O)c3cc(Br)ccc3NC(=O)C12)C1CCCC1. The molecule has 0 radical (unpaired) electrons. The fraction of sp³-hybridized carbons (Fsp3) is 0.500. The lowest BCUT2D eigenvalue weighted by atomic mass is 10.0. The van der Waals surface area contributed by atoms with E-state index in [2.05, 4.69) is 26.6 Å². The molecule has 3 aliphatic rings. The first-order valence-corrected chi connectivity index (χ1v) is 9.55. The summed E-state index contributed by atoms with van der Waals surface area (Å²) in [5.41, 5.74) is 1.00. The Hall–Kier alpha value is -1.89. The van der Waals surface area contributed by atoms with Crippen LogP contribution in [0.3, 0.4) is 0 Å². The summed E-state index contributed by atoms with van der Waals surface area (Å²) in [6.07, 6.45) is 4.60. The number of fused-ring (bicyclic) bond motifs is 2. The van der Waals surface area contributed by atoms with Crippen molar-refractivity contribution in [3.8, 4) is 0 Å². The lowest BCUT2D eigenvalue weighted by Gasteiger charge is -2.25. The molecule has 1 saturated carbocycles. The highest BCUT2D eigenvalue weighted by atomic mass is 79.9. The van der Waals surface area contributed by atoms with Crippen LogP contribution in [0.15, 0.2) is 22.7 Å². The summed E-state index contributed by atoms with van der Waals surface area (Å²) in [6, 6.07) is 4.27. The molecule has 2 heterocycles. The first-order chi connectivity index (χ1) is 12.0. The van der Waals surface area contributed by atoms with Gasteiger partial charge in [0.05, 0.1) is 17.3 Å². The molecule has 2 aliphatic heterocycles. The molecule has 132 valence electrons. The zero-order valence-corrected chi connectivity index (χ0v) is 15.3. The van der Waals surface area contributed by atoms with Gasteiger partial charge < -0.3 is 15.5 Å². The maximum absolute atomic E-state index is 12.9. The Morgan fingerprint density at radius 2 is 1.96 bits per heavy atom. The quantitative estimate of drug-likeness (QED) is 0.791. The van der Waals surface area contributed by atoms with Crippen molar-refractivity contribution >= 4 is 39.3 Å². The van der Waals surface area contributed by atoms with Crippen molar-refractivity contribution in [1.82, 2.24) is 10.2 Å². The van der Waals surface area contributed by atoms with E-state index in [1.165, 1.54) is 0 Å². The minimum Gasteiger partial charge on any atom is -0.350 e. The number of nitrogens with one attached hydrogen (secondary N) is 2. The molecule has 1 aliphatic carbocycles. The molecule has 4 rings (SSSR count). The number of carbonyl (C=O) groups excluding carboxylic acids is 3. The van der Waals surface area contributed by atoms with Crippen molar-refractivity contribution in [3.05, 3.63) is 28.2 Å². The van der Waals surface area contributed by atoms with Gasteiger partial charge in [0.15, 0.2) is 0 Å². The van der Waals surface area contributed by atoms with Gasteiger partial charge in [-0.05, 0) is 37.5 Å². The average molecular weight is 406 g/mol. The molecule has 2 fully saturated rings. The van der Waals surface area contributed by atoms with Crippen molar-refractivity contribution in [1.29, 1.82) is 0 Å². The molecule has 7 heteroatoms. The van der Waals surface area contributed by atoms with Crippen LogP contribution in [0, 0.1) is 5.92 Å². The van der Waals surface area contributed by atoms with E-state index in [0.717, 1.165) is 30.2 Å². The Morgan fingerprint density at radius 1 is 1.20 bits per heavy atom. The van der Waals surface area contributed by atoms with E-state index in [0.29, 0.717) is 24.2 Å². The molecule has 0 aromatic heterocycles. The van der Waals surface area contributed by atoms with Gasteiger partial charge in [0.1, 0.15) is 6.04 Å². The number of carbonyl (C=O) groups is 3. The Morgan fingerprint density at radius 3 is 2.72 bits per heavy atom. The highest BCUT2D eigenvalue weighted by molar-refractivity contribution is 9.10. The van der Waals surface area contributed by atoms with E-state index in [-0.39, 0.29) is 29.7 Å². The topological polar surface area (TPSA) is 78.5 Å². The van der Waals surface area contributed by atoms with Gasteiger partial charge in [-0.15, -0.1) is 0 Å². The summed E-state index contributed by atoms with van der Waals surface area (Å²) in [4.78, 5) is 39.7. The minimum atomic E-state index is -0.649. The monoisotopic (exact) mass is 405 g/mol. The third-order valence-corrected chi connectivity index (χ3v) is 5.94. The Labute approximate surface area is 154 Å². The summed E-state index contributed by atoms with van der Waals surface area (Å²) in [6.45, 7) is 0.471. The number of hydrogen-bond acceptors (Lipinski definition) is 3. The molecule has 2 atom stereocenters. The van der Waals surface area contributed by atoms with Crippen LogP contribution in [-0.2, 0) is 9.59 Å². The number of nitrogens with zero attached hydrogens (tertiary/aromatic N) is 1. The molecule has 1 aromatic carbocycles. The number of amides is 3. The highest BCUT2D eigenvalue weighted by Gasteiger charge is 2.45. The van der Waals surface area contributed by atoms with Gasteiger partial charge in [0, 0.05) is 16.9 Å². The van der Waals surface area contributed by atoms with Crippen molar-refractivity contribution < 1.29 is 14.4 Å². The van der Waals surface area contributed by atoms with E-state index in [1.54, 1.807) is 23.1 Å². The first-order valence-electron chi connectivity index (χ1n) is 8.76. The van der Waals surface area contributed by atoms with Gasteiger partial charge >= 0.3 is 0 Å². The Bertz CT molecular complexity index is 745. The Balaban J connectivity index is 1.57. The highest BCUT2D eigenvalue weighted by Crippen LogP contribution is 2.31. The normalized spacial score (nSPS) is 26.0. The molecule has 0 bridgehead atoms. The second kappa shape index (κ2) is 6.44. The van der Waals surface area contributed by atoms with Gasteiger partial charge in [-0.3, -0.25) is 14.4 Å². The van der Waals surface area contributed by atoms with Gasteiger partial charge in [0.2, 0.25) is 11.8 Å². The molecule has 1 saturated heterocycles. The average Bonchev–Trinajstić information content (AvgIpc) is 3.23. The van der Waals surface area contributed by atoms with Gasteiger partial charge in [-0.2, -0.15) is 0 Å². The van der Waals surface area contributed by atoms with Crippen molar-refractivity contribution in [2.45, 2.75) is 44.2 Å². The summed E-state index contributed by atoms with van der Waals surface area (Å²) in [7, 11) is 0. The molecule has 1 aromatic rings. The molecule has 0 spiro atoms. The van der Waals surface area contributed by atoms with Crippen LogP contribution in [0.25, 0.3) is 0 Å². The van der Waals surface area contributed by atoms with E-state index in [1.807, 2.05) is 0 Å². The van der Waals surface area contributed by atoms with Crippen LogP contribution in [0.4, 0.5) is 5.69 Å². The van der Waals surface area contributed by atoms with Gasteiger partial charge in [-0.25, -0.2) is 0 Å². The van der Waals surface area contributed by atoms with Crippen LogP contribution in [0.2, 0.25) is 0 Å². The van der Waals surface area contributed by atoms with Crippen LogP contribution in [0.5, 0.6) is 0 Å². The number of anilines is 1. The van der Waals surface area contributed by atoms with Gasteiger partial charge in [0.25, 0.3) is 5.91 Å². The minimum absolute atomic E-state index is 0.0223. The van der Waals surface area contributed by atoms with Crippen LogP contribution in [-0.4, -0.2) is 41.2 Å².